The van der Waals surface area contributed by atoms with Crippen LogP contribution in [0.15, 0.2) is 89.4 Å². The number of hydrogen-bond acceptors (Lipinski definition) is 6. The predicted molar refractivity (Wildman–Crippen MR) is 146 cm³/mol. The van der Waals surface area contributed by atoms with E-state index in [0.29, 0.717) is 0 Å². The van der Waals surface area contributed by atoms with Gasteiger partial charge in [-0.25, -0.2) is 9.67 Å². The molecule has 6 rings (SSSR count). The Morgan fingerprint density at radius 2 is 1.78 bits per heavy atom. The van der Waals surface area contributed by atoms with Crippen LogP contribution >= 0.6 is 11.3 Å². The Bertz CT molecular complexity index is 1660. The highest BCUT2D eigenvalue weighted by Crippen LogP contribution is 2.48. The highest BCUT2D eigenvalue weighted by Gasteiger charge is 2.55. The molecule has 1 saturated heterocycles. The smallest absolute Gasteiger partial charge is 0.250 e. The minimum Gasteiger partial charge on any atom is -0.355 e. The third-order valence-corrected chi connectivity index (χ3v) is 7.84. The van der Waals surface area contributed by atoms with Gasteiger partial charge < -0.3 is 14.8 Å². The summed E-state index contributed by atoms with van der Waals surface area (Å²) in [6.45, 7) is 3.99. The number of amides is 1. The minimum atomic E-state index is -0.680. The van der Waals surface area contributed by atoms with Crippen LogP contribution < -0.4 is 15.8 Å². The first-order valence-corrected chi connectivity index (χ1v) is 12.9. The van der Waals surface area contributed by atoms with Crippen LogP contribution in [0.2, 0.25) is 0 Å². The molecule has 2 atom stereocenters. The Hall–Kier alpha value is -4.24. The highest BCUT2D eigenvalue weighted by atomic mass is 32.1. The molecule has 37 heavy (non-hydrogen) atoms. The summed E-state index contributed by atoms with van der Waals surface area (Å²) in [7, 11) is 1.72. The van der Waals surface area contributed by atoms with Crippen LogP contribution in [0, 0.1) is 5.41 Å². The SMILES string of the molecule is Cn1cc(-n2ncc3cc(N4C(=O)C(C)(C)[C@H](Nc5nccs5)C4c4ccccc4)ccc32)ccc1=O. The molecule has 186 valence electrons. The molecule has 0 bridgehead atoms. The zero-order chi connectivity index (χ0) is 25.7. The largest absolute Gasteiger partial charge is 0.355 e. The molecular weight excluding hydrogens is 484 g/mol. The van der Waals surface area contributed by atoms with Crippen molar-refractivity contribution < 1.29 is 4.79 Å². The lowest BCUT2D eigenvalue weighted by Crippen LogP contribution is -2.37. The van der Waals surface area contributed by atoms with E-state index in [2.05, 4.69) is 27.5 Å². The summed E-state index contributed by atoms with van der Waals surface area (Å²) in [6, 6.07) is 19.0. The van der Waals surface area contributed by atoms with Crippen molar-refractivity contribution in [3.63, 3.8) is 0 Å². The van der Waals surface area contributed by atoms with Gasteiger partial charge in [0.05, 0.1) is 34.9 Å². The van der Waals surface area contributed by atoms with Crippen molar-refractivity contribution in [2.24, 2.45) is 12.5 Å². The number of anilines is 2. The maximum absolute atomic E-state index is 14.0. The number of nitrogens with zero attached hydrogens (tertiary/aromatic N) is 5. The normalized spacial score (nSPS) is 19.0. The Balaban J connectivity index is 1.45. The molecule has 0 spiro atoms. The summed E-state index contributed by atoms with van der Waals surface area (Å²) < 4.78 is 3.33. The zero-order valence-corrected chi connectivity index (χ0v) is 21.5. The Morgan fingerprint density at radius 3 is 2.51 bits per heavy atom. The first-order chi connectivity index (χ1) is 17.8. The van der Waals surface area contributed by atoms with Gasteiger partial charge in [-0.15, -0.1) is 11.3 Å². The molecule has 3 aromatic heterocycles. The minimum absolute atomic E-state index is 0.0419. The molecule has 1 unspecified atom stereocenters. The summed E-state index contributed by atoms with van der Waals surface area (Å²) in [5.74, 6) is 0.0419. The fourth-order valence-electron chi connectivity index (χ4n) is 5.15. The van der Waals surface area contributed by atoms with Gasteiger partial charge in [0.2, 0.25) is 11.5 Å². The molecular formula is C28H26N6O2S. The predicted octanol–water partition coefficient (Wildman–Crippen LogP) is 4.78. The molecule has 1 N–H and O–H groups in total. The van der Waals surface area contributed by atoms with Crippen molar-refractivity contribution in [2.75, 3.05) is 10.2 Å². The molecule has 4 heterocycles. The molecule has 1 fully saturated rings. The molecule has 8 nitrogen and oxygen atoms in total. The van der Waals surface area contributed by atoms with E-state index in [1.807, 2.05) is 60.5 Å². The van der Waals surface area contributed by atoms with Gasteiger partial charge in [0.15, 0.2) is 5.13 Å². The van der Waals surface area contributed by atoms with Crippen molar-refractivity contribution >= 4 is 39.0 Å². The molecule has 5 aromatic rings. The van der Waals surface area contributed by atoms with Gasteiger partial charge >= 0.3 is 0 Å². The van der Waals surface area contributed by atoms with Gasteiger partial charge in [-0.05, 0) is 43.7 Å². The Labute approximate surface area is 217 Å². The zero-order valence-electron chi connectivity index (χ0n) is 20.7. The van der Waals surface area contributed by atoms with E-state index in [4.69, 9.17) is 0 Å². The molecule has 0 saturated carbocycles. The molecule has 1 aliphatic rings. The number of rotatable bonds is 5. The maximum atomic E-state index is 14.0. The van der Waals surface area contributed by atoms with E-state index >= 15 is 0 Å². The number of hydrogen-bond donors (Lipinski definition) is 1. The quantitative estimate of drug-likeness (QED) is 0.368. The third kappa shape index (κ3) is 3.82. The third-order valence-electron chi connectivity index (χ3n) is 7.14. The van der Waals surface area contributed by atoms with E-state index < -0.39 is 5.41 Å². The van der Waals surface area contributed by atoms with Gasteiger partial charge in [0, 0.05) is 42.0 Å². The summed E-state index contributed by atoms with van der Waals surface area (Å²) in [6.07, 6.45) is 5.32. The number of nitrogens with one attached hydrogen (secondary N) is 1. The van der Waals surface area contributed by atoms with Crippen LogP contribution in [0.1, 0.15) is 25.5 Å². The fraction of sp³-hybridized carbons (Fsp3) is 0.214. The van der Waals surface area contributed by atoms with E-state index in [0.717, 1.165) is 33.0 Å². The van der Waals surface area contributed by atoms with Gasteiger partial charge in [-0.3, -0.25) is 9.59 Å². The van der Waals surface area contributed by atoms with Gasteiger partial charge in [0.1, 0.15) is 0 Å². The second-order valence-corrected chi connectivity index (χ2v) is 10.7. The topological polar surface area (TPSA) is 85.1 Å². The van der Waals surface area contributed by atoms with Gasteiger partial charge in [0.25, 0.3) is 0 Å². The molecule has 2 aromatic carbocycles. The Kier molecular flexibility index (Phi) is 5.45. The molecule has 9 heteroatoms. The number of pyridine rings is 1. The van der Waals surface area contributed by atoms with Gasteiger partial charge in [-0.1, -0.05) is 30.3 Å². The second-order valence-electron chi connectivity index (χ2n) is 9.85. The van der Waals surface area contributed by atoms with E-state index in [1.165, 1.54) is 22.0 Å². The number of thiazole rings is 1. The van der Waals surface area contributed by atoms with Gasteiger partial charge in [-0.2, -0.15) is 5.10 Å². The monoisotopic (exact) mass is 510 g/mol. The number of benzene rings is 2. The van der Waals surface area contributed by atoms with E-state index in [9.17, 15) is 9.59 Å². The average molecular weight is 511 g/mol. The number of carbonyl (C=O) groups excluding carboxylic acids is 1. The number of carbonyl (C=O) groups is 1. The summed E-state index contributed by atoms with van der Waals surface area (Å²) in [4.78, 5) is 32.2. The van der Waals surface area contributed by atoms with Crippen molar-refractivity contribution in [2.45, 2.75) is 25.9 Å². The first kappa shape index (κ1) is 23.2. The number of aryl methyl sites for hydroxylation is 1. The summed E-state index contributed by atoms with van der Waals surface area (Å²) >= 11 is 1.53. The highest BCUT2D eigenvalue weighted by molar-refractivity contribution is 7.13. The lowest BCUT2D eigenvalue weighted by molar-refractivity contribution is -0.124. The van der Waals surface area contributed by atoms with Crippen LogP contribution in [-0.4, -0.2) is 31.3 Å². The fourth-order valence-corrected chi connectivity index (χ4v) is 5.72. The maximum Gasteiger partial charge on any atom is 0.250 e. The Morgan fingerprint density at radius 1 is 1.00 bits per heavy atom. The average Bonchev–Trinajstić information content (AvgIpc) is 3.61. The lowest BCUT2D eigenvalue weighted by atomic mass is 9.82. The number of fused-ring (bicyclic) bond motifs is 1. The van der Waals surface area contributed by atoms with Crippen molar-refractivity contribution in [3.8, 4) is 5.69 Å². The molecule has 0 aliphatic carbocycles. The molecule has 1 amide bonds. The van der Waals surface area contributed by atoms with Crippen LogP contribution in [-0.2, 0) is 11.8 Å². The van der Waals surface area contributed by atoms with Crippen molar-refractivity contribution in [3.05, 3.63) is 101 Å². The standard InChI is InChI=1S/C28H26N6O2S/c1-28(2)25(31-27-29-13-14-37-27)24(18-7-5-4-6-8-18)33(26(28)36)20-9-11-22-19(15-20)16-30-34(22)21-10-12-23(35)32(3)17-21/h4-17,24-25H,1-3H3,(H,29,31)/t24?,25-/m1/s1. The van der Waals surface area contributed by atoms with Crippen LogP contribution in [0.3, 0.4) is 0 Å². The summed E-state index contributed by atoms with van der Waals surface area (Å²) in [5.41, 5.74) is 2.78. The molecule has 0 radical (unpaired) electrons. The number of aromatic nitrogens is 4. The first-order valence-electron chi connectivity index (χ1n) is 12.0. The van der Waals surface area contributed by atoms with Crippen LogP contribution in [0.25, 0.3) is 16.6 Å². The van der Waals surface area contributed by atoms with E-state index in [1.54, 1.807) is 36.4 Å². The van der Waals surface area contributed by atoms with Crippen molar-refractivity contribution in [1.29, 1.82) is 0 Å². The van der Waals surface area contributed by atoms with Crippen LogP contribution in [0.4, 0.5) is 10.8 Å². The lowest BCUT2D eigenvalue weighted by Gasteiger charge is -2.30. The van der Waals surface area contributed by atoms with E-state index in [-0.39, 0.29) is 23.6 Å². The van der Waals surface area contributed by atoms with Crippen LogP contribution in [0.5, 0.6) is 0 Å². The van der Waals surface area contributed by atoms with Crippen molar-refractivity contribution in [1.82, 2.24) is 19.3 Å². The second kappa shape index (κ2) is 8.70. The molecule has 1 aliphatic heterocycles. The summed E-state index contributed by atoms with van der Waals surface area (Å²) in [5, 5.41) is 11.8.